The topological polar surface area (TPSA) is 66.4 Å². The molecule has 0 saturated heterocycles. The largest absolute Gasteiger partial charge is 0.481 e. The van der Waals surface area contributed by atoms with Gasteiger partial charge in [0.2, 0.25) is 6.41 Å². The fourth-order valence-corrected chi connectivity index (χ4v) is 1.51. The van der Waals surface area contributed by atoms with Crippen LogP contribution in [0.4, 0.5) is 0 Å². The first-order valence-corrected chi connectivity index (χ1v) is 5.03. The van der Waals surface area contributed by atoms with Crippen LogP contribution in [-0.2, 0) is 9.59 Å². The molecule has 1 aromatic rings. The molecule has 2 N–H and O–H groups in total. The zero-order valence-corrected chi connectivity index (χ0v) is 9.36. The maximum atomic E-state index is 10.7. The third-order valence-corrected chi connectivity index (χ3v) is 2.58. The summed E-state index contributed by atoms with van der Waals surface area (Å²) in [6.07, 6.45) is 0.421. The van der Waals surface area contributed by atoms with Gasteiger partial charge in [-0.2, -0.15) is 0 Å². The van der Waals surface area contributed by atoms with Crippen molar-refractivity contribution in [2.24, 2.45) is 0 Å². The number of hydrogen-bond acceptors (Lipinski definition) is 2. The Morgan fingerprint density at radius 1 is 1.44 bits per heavy atom. The monoisotopic (exact) mass is 221 g/mol. The van der Waals surface area contributed by atoms with Crippen LogP contribution in [0.2, 0.25) is 0 Å². The van der Waals surface area contributed by atoms with E-state index >= 15 is 0 Å². The van der Waals surface area contributed by atoms with Crippen LogP contribution in [0.25, 0.3) is 0 Å². The van der Waals surface area contributed by atoms with Gasteiger partial charge in [-0.1, -0.05) is 18.2 Å². The SMILES string of the molecule is Cc1ccc(C(CC(=O)O)NC=O)cc1C. The van der Waals surface area contributed by atoms with Crippen LogP contribution in [0.5, 0.6) is 0 Å². The van der Waals surface area contributed by atoms with Crippen molar-refractivity contribution < 1.29 is 14.7 Å². The van der Waals surface area contributed by atoms with Crippen LogP contribution in [0.3, 0.4) is 0 Å². The molecule has 4 heteroatoms. The number of hydrogen-bond donors (Lipinski definition) is 2. The normalized spacial score (nSPS) is 11.9. The predicted octanol–water partition coefficient (Wildman–Crippen LogP) is 1.57. The van der Waals surface area contributed by atoms with Crippen molar-refractivity contribution in [1.82, 2.24) is 5.32 Å². The number of rotatable bonds is 5. The van der Waals surface area contributed by atoms with Gasteiger partial charge in [-0.15, -0.1) is 0 Å². The molecule has 0 aromatic heterocycles. The van der Waals surface area contributed by atoms with E-state index in [0.29, 0.717) is 6.41 Å². The van der Waals surface area contributed by atoms with Gasteiger partial charge in [-0.05, 0) is 30.5 Å². The Balaban J connectivity index is 2.95. The van der Waals surface area contributed by atoms with E-state index in [9.17, 15) is 9.59 Å². The van der Waals surface area contributed by atoms with Crippen molar-refractivity contribution in [3.05, 3.63) is 34.9 Å². The van der Waals surface area contributed by atoms with Gasteiger partial charge >= 0.3 is 5.97 Å². The van der Waals surface area contributed by atoms with Crippen molar-refractivity contribution in [2.75, 3.05) is 0 Å². The Morgan fingerprint density at radius 2 is 2.12 bits per heavy atom. The Labute approximate surface area is 94.3 Å². The van der Waals surface area contributed by atoms with Crippen molar-refractivity contribution in [1.29, 1.82) is 0 Å². The van der Waals surface area contributed by atoms with E-state index < -0.39 is 12.0 Å². The lowest BCUT2D eigenvalue weighted by atomic mass is 9.99. The summed E-state index contributed by atoms with van der Waals surface area (Å²) in [4.78, 5) is 21.1. The highest BCUT2D eigenvalue weighted by Crippen LogP contribution is 2.19. The highest BCUT2D eigenvalue weighted by molar-refractivity contribution is 5.68. The Kier molecular flexibility index (Phi) is 4.05. The van der Waals surface area contributed by atoms with Gasteiger partial charge < -0.3 is 10.4 Å². The number of carbonyl (C=O) groups excluding carboxylic acids is 1. The van der Waals surface area contributed by atoms with E-state index in [2.05, 4.69) is 5.32 Å². The lowest BCUT2D eigenvalue weighted by molar-refractivity contribution is -0.137. The van der Waals surface area contributed by atoms with Gasteiger partial charge in [0.05, 0.1) is 12.5 Å². The number of amides is 1. The van der Waals surface area contributed by atoms with Crippen molar-refractivity contribution in [3.63, 3.8) is 0 Å². The van der Waals surface area contributed by atoms with E-state index in [-0.39, 0.29) is 6.42 Å². The second-order valence-electron chi connectivity index (χ2n) is 3.78. The van der Waals surface area contributed by atoms with Gasteiger partial charge in [0.15, 0.2) is 0 Å². The lowest BCUT2D eigenvalue weighted by Crippen LogP contribution is -2.22. The summed E-state index contributed by atoms with van der Waals surface area (Å²) in [5, 5.41) is 11.3. The molecule has 86 valence electrons. The third kappa shape index (κ3) is 3.08. The number of benzene rings is 1. The average Bonchev–Trinajstić information content (AvgIpc) is 2.21. The first-order chi connectivity index (χ1) is 7.54. The molecule has 0 bridgehead atoms. The number of carboxylic acid groups (broad SMARTS) is 1. The molecule has 1 aromatic carbocycles. The van der Waals surface area contributed by atoms with Crippen LogP contribution < -0.4 is 5.32 Å². The highest BCUT2D eigenvalue weighted by atomic mass is 16.4. The predicted molar refractivity (Wildman–Crippen MR) is 60.1 cm³/mol. The molecular formula is C12H15NO3. The molecule has 1 unspecified atom stereocenters. The fraction of sp³-hybridized carbons (Fsp3) is 0.333. The standard InChI is InChI=1S/C12H15NO3/c1-8-3-4-10(5-9(8)2)11(13-7-14)6-12(15)16/h3-5,7,11H,6H2,1-2H3,(H,13,14)(H,15,16). The zero-order valence-electron chi connectivity index (χ0n) is 9.36. The maximum Gasteiger partial charge on any atom is 0.305 e. The molecule has 0 heterocycles. The van der Waals surface area contributed by atoms with Gasteiger partial charge in [0.25, 0.3) is 0 Å². The Hall–Kier alpha value is -1.84. The van der Waals surface area contributed by atoms with E-state index in [1.807, 2.05) is 32.0 Å². The molecule has 1 atom stereocenters. The van der Waals surface area contributed by atoms with Crippen molar-refractivity contribution in [2.45, 2.75) is 26.3 Å². The smallest absolute Gasteiger partial charge is 0.305 e. The number of carbonyl (C=O) groups is 2. The molecular weight excluding hydrogens is 206 g/mol. The molecule has 0 saturated carbocycles. The zero-order chi connectivity index (χ0) is 12.1. The first-order valence-electron chi connectivity index (χ1n) is 5.03. The second kappa shape index (κ2) is 5.30. The van der Waals surface area contributed by atoms with E-state index in [4.69, 9.17) is 5.11 Å². The van der Waals surface area contributed by atoms with Crippen LogP contribution in [-0.4, -0.2) is 17.5 Å². The van der Waals surface area contributed by atoms with Crippen molar-refractivity contribution in [3.8, 4) is 0 Å². The molecule has 4 nitrogen and oxygen atoms in total. The van der Waals surface area contributed by atoms with Crippen LogP contribution in [0.1, 0.15) is 29.2 Å². The number of nitrogens with one attached hydrogen (secondary N) is 1. The molecule has 0 aliphatic rings. The third-order valence-electron chi connectivity index (χ3n) is 2.58. The minimum Gasteiger partial charge on any atom is -0.481 e. The van der Waals surface area contributed by atoms with Crippen LogP contribution in [0, 0.1) is 13.8 Å². The number of carboxylic acids is 1. The first kappa shape index (κ1) is 12.2. The summed E-state index contributed by atoms with van der Waals surface area (Å²) in [7, 11) is 0. The minimum atomic E-state index is -0.933. The quantitative estimate of drug-likeness (QED) is 0.741. The summed E-state index contributed by atoms with van der Waals surface area (Å²) in [6.45, 7) is 3.94. The fourth-order valence-electron chi connectivity index (χ4n) is 1.51. The van der Waals surface area contributed by atoms with E-state index in [0.717, 1.165) is 16.7 Å². The summed E-state index contributed by atoms with van der Waals surface area (Å²) >= 11 is 0. The summed E-state index contributed by atoms with van der Waals surface area (Å²) in [5.41, 5.74) is 3.04. The van der Waals surface area contributed by atoms with Gasteiger partial charge in [0.1, 0.15) is 0 Å². The minimum absolute atomic E-state index is 0.110. The van der Waals surface area contributed by atoms with Gasteiger partial charge in [-0.3, -0.25) is 9.59 Å². The highest BCUT2D eigenvalue weighted by Gasteiger charge is 2.14. The maximum absolute atomic E-state index is 10.7. The summed E-state index contributed by atoms with van der Waals surface area (Å²) < 4.78 is 0. The molecule has 0 radical (unpaired) electrons. The Morgan fingerprint density at radius 3 is 2.62 bits per heavy atom. The van der Waals surface area contributed by atoms with Crippen LogP contribution in [0.15, 0.2) is 18.2 Å². The molecule has 16 heavy (non-hydrogen) atoms. The van der Waals surface area contributed by atoms with E-state index in [1.54, 1.807) is 0 Å². The summed E-state index contributed by atoms with van der Waals surface area (Å²) in [5.74, 6) is -0.933. The molecule has 0 aliphatic heterocycles. The molecule has 0 fully saturated rings. The molecule has 1 rings (SSSR count). The van der Waals surface area contributed by atoms with Crippen molar-refractivity contribution >= 4 is 12.4 Å². The number of aryl methyl sites for hydroxylation is 2. The molecule has 1 amide bonds. The average molecular weight is 221 g/mol. The molecule has 0 aliphatic carbocycles. The molecule has 0 spiro atoms. The number of aliphatic carboxylic acids is 1. The second-order valence-corrected chi connectivity index (χ2v) is 3.78. The van der Waals surface area contributed by atoms with E-state index in [1.165, 1.54) is 0 Å². The van der Waals surface area contributed by atoms with Gasteiger partial charge in [0, 0.05) is 0 Å². The van der Waals surface area contributed by atoms with Gasteiger partial charge in [-0.25, -0.2) is 0 Å². The lowest BCUT2D eigenvalue weighted by Gasteiger charge is -2.15. The Bertz CT molecular complexity index is 401. The van der Waals surface area contributed by atoms with Crippen LogP contribution >= 0.6 is 0 Å². The summed E-state index contributed by atoms with van der Waals surface area (Å²) in [6, 6.07) is 5.20.